The van der Waals surface area contributed by atoms with E-state index in [1.165, 1.54) is 14.2 Å². The number of hydrogen-bond acceptors (Lipinski definition) is 6. The highest BCUT2D eigenvalue weighted by atomic mass is 16.5. The lowest BCUT2D eigenvalue weighted by Gasteiger charge is -2.28. The first-order valence-electron chi connectivity index (χ1n) is 10.2. The predicted octanol–water partition coefficient (Wildman–Crippen LogP) is 4.52. The zero-order chi connectivity index (χ0) is 21.3. The van der Waals surface area contributed by atoms with Crippen molar-refractivity contribution in [2.75, 3.05) is 27.4 Å². The molecule has 0 atom stereocenters. The van der Waals surface area contributed by atoms with Crippen LogP contribution in [0, 0.1) is 11.8 Å². The molecule has 30 heavy (non-hydrogen) atoms. The van der Waals surface area contributed by atoms with Crippen LogP contribution in [0.5, 0.6) is 11.5 Å². The molecule has 160 valence electrons. The average molecular weight is 412 g/mol. The summed E-state index contributed by atoms with van der Waals surface area (Å²) >= 11 is 0. The van der Waals surface area contributed by atoms with Crippen LogP contribution >= 0.6 is 0 Å². The first-order chi connectivity index (χ1) is 14.6. The molecule has 0 amide bonds. The summed E-state index contributed by atoms with van der Waals surface area (Å²) in [5, 5.41) is 0. The SMILES string of the molecule is COc1ccccc1C(=O)OCC1CCC(COC(=O)c2ccccc2OC)CC1. The van der Waals surface area contributed by atoms with Gasteiger partial charge in [0.05, 0.1) is 27.4 Å². The molecule has 0 saturated heterocycles. The molecule has 0 aromatic heterocycles. The van der Waals surface area contributed by atoms with Gasteiger partial charge in [-0.3, -0.25) is 0 Å². The number of hydrogen-bond donors (Lipinski definition) is 0. The second-order valence-corrected chi connectivity index (χ2v) is 7.48. The second-order valence-electron chi connectivity index (χ2n) is 7.48. The molecule has 0 N–H and O–H groups in total. The van der Waals surface area contributed by atoms with Crippen LogP contribution in [0.3, 0.4) is 0 Å². The van der Waals surface area contributed by atoms with Gasteiger partial charge in [0, 0.05) is 0 Å². The number of para-hydroxylation sites is 2. The molecular weight excluding hydrogens is 384 g/mol. The average Bonchev–Trinajstić information content (AvgIpc) is 2.81. The number of rotatable bonds is 8. The van der Waals surface area contributed by atoms with E-state index in [1.54, 1.807) is 36.4 Å². The summed E-state index contributed by atoms with van der Waals surface area (Å²) in [6.07, 6.45) is 3.76. The molecule has 0 radical (unpaired) electrons. The van der Waals surface area contributed by atoms with E-state index in [1.807, 2.05) is 12.1 Å². The van der Waals surface area contributed by atoms with Gasteiger partial charge in [-0.2, -0.15) is 0 Å². The molecule has 1 aliphatic rings. The monoisotopic (exact) mass is 412 g/mol. The van der Waals surface area contributed by atoms with Crippen LogP contribution in [0.25, 0.3) is 0 Å². The molecule has 2 aromatic rings. The van der Waals surface area contributed by atoms with Crippen molar-refractivity contribution in [1.29, 1.82) is 0 Å². The van der Waals surface area contributed by atoms with Crippen molar-refractivity contribution >= 4 is 11.9 Å². The number of carbonyl (C=O) groups is 2. The zero-order valence-electron chi connectivity index (χ0n) is 17.5. The van der Waals surface area contributed by atoms with Gasteiger partial charge >= 0.3 is 11.9 Å². The maximum Gasteiger partial charge on any atom is 0.341 e. The summed E-state index contributed by atoms with van der Waals surface area (Å²) in [5.74, 6) is 0.960. The van der Waals surface area contributed by atoms with Crippen LogP contribution in [-0.4, -0.2) is 39.4 Å². The Labute approximate surface area is 177 Å². The summed E-state index contributed by atoms with van der Waals surface area (Å²) < 4.78 is 21.4. The summed E-state index contributed by atoms with van der Waals surface area (Å²) in [6, 6.07) is 14.1. The van der Waals surface area contributed by atoms with E-state index in [2.05, 4.69) is 0 Å². The maximum absolute atomic E-state index is 12.3. The first kappa shape index (κ1) is 21.7. The van der Waals surface area contributed by atoms with Gasteiger partial charge in [0.2, 0.25) is 0 Å². The van der Waals surface area contributed by atoms with Gasteiger partial charge in [0.1, 0.15) is 22.6 Å². The Kier molecular flexibility index (Phi) is 7.71. The highest BCUT2D eigenvalue weighted by molar-refractivity contribution is 5.93. The van der Waals surface area contributed by atoms with Crippen LogP contribution < -0.4 is 9.47 Å². The molecule has 2 aromatic carbocycles. The lowest BCUT2D eigenvalue weighted by molar-refractivity contribution is 0.0294. The van der Waals surface area contributed by atoms with Gasteiger partial charge in [-0.25, -0.2) is 9.59 Å². The fourth-order valence-corrected chi connectivity index (χ4v) is 3.73. The molecule has 1 aliphatic carbocycles. The number of carbonyl (C=O) groups excluding carboxylic acids is 2. The molecular formula is C24H28O6. The Morgan fingerprint density at radius 1 is 0.700 bits per heavy atom. The molecule has 3 rings (SSSR count). The van der Waals surface area contributed by atoms with E-state index < -0.39 is 0 Å². The minimum atomic E-state index is -0.361. The highest BCUT2D eigenvalue weighted by Gasteiger charge is 2.25. The fraction of sp³-hybridized carbons (Fsp3) is 0.417. The summed E-state index contributed by atoms with van der Waals surface area (Å²) in [5.41, 5.74) is 0.883. The lowest BCUT2D eigenvalue weighted by Crippen LogP contribution is -2.24. The van der Waals surface area contributed by atoms with E-state index in [9.17, 15) is 9.59 Å². The van der Waals surface area contributed by atoms with E-state index in [0.717, 1.165) is 25.7 Å². The van der Waals surface area contributed by atoms with Gasteiger partial charge in [-0.1, -0.05) is 24.3 Å². The third-order valence-corrected chi connectivity index (χ3v) is 5.52. The highest BCUT2D eigenvalue weighted by Crippen LogP contribution is 2.30. The number of ether oxygens (including phenoxy) is 4. The molecule has 0 spiro atoms. The lowest BCUT2D eigenvalue weighted by atomic mass is 9.83. The first-order valence-corrected chi connectivity index (χ1v) is 10.2. The molecule has 0 bridgehead atoms. The van der Waals surface area contributed by atoms with Crippen molar-refractivity contribution < 1.29 is 28.5 Å². The van der Waals surface area contributed by atoms with Crippen LogP contribution in [0.1, 0.15) is 46.4 Å². The third kappa shape index (κ3) is 5.53. The Morgan fingerprint density at radius 2 is 1.07 bits per heavy atom. The van der Waals surface area contributed by atoms with E-state index in [-0.39, 0.29) is 11.9 Å². The largest absolute Gasteiger partial charge is 0.496 e. The summed E-state index contributed by atoms with van der Waals surface area (Å²) in [7, 11) is 3.07. The molecule has 1 fully saturated rings. The molecule has 0 unspecified atom stereocenters. The topological polar surface area (TPSA) is 71.1 Å². The Hall–Kier alpha value is -3.02. The Morgan fingerprint density at radius 3 is 1.43 bits per heavy atom. The van der Waals surface area contributed by atoms with Crippen molar-refractivity contribution in [3.8, 4) is 11.5 Å². The van der Waals surface area contributed by atoms with E-state index in [0.29, 0.717) is 47.7 Å². The van der Waals surface area contributed by atoms with Crippen LogP contribution in [0.15, 0.2) is 48.5 Å². The number of esters is 2. The van der Waals surface area contributed by atoms with Gasteiger partial charge < -0.3 is 18.9 Å². The molecule has 6 nitrogen and oxygen atoms in total. The van der Waals surface area contributed by atoms with Crippen molar-refractivity contribution in [2.24, 2.45) is 11.8 Å². The van der Waals surface area contributed by atoms with Gasteiger partial charge in [-0.15, -0.1) is 0 Å². The Balaban J connectivity index is 1.41. The fourth-order valence-electron chi connectivity index (χ4n) is 3.73. The normalized spacial score (nSPS) is 18.3. The zero-order valence-corrected chi connectivity index (χ0v) is 17.5. The van der Waals surface area contributed by atoms with Crippen LogP contribution in [0.4, 0.5) is 0 Å². The quantitative estimate of drug-likeness (QED) is 0.594. The van der Waals surface area contributed by atoms with Crippen molar-refractivity contribution in [3.63, 3.8) is 0 Å². The van der Waals surface area contributed by atoms with Gasteiger partial charge in [0.15, 0.2) is 0 Å². The van der Waals surface area contributed by atoms with Crippen molar-refractivity contribution in [3.05, 3.63) is 59.7 Å². The summed E-state index contributed by atoms with van der Waals surface area (Å²) in [6.45, 7) is 0.787. The second kappa shape index (κ2) is 10.7. The van der Waals surface area contributed by atoms with Crippen LogP contribution in [0.2, 0.25) is 0 Å². The molecule has 6 heteroatoms. The molecule has 0 heterocycles. The van der Waals surface area contributed by atoms with E-state index >= 15 is 0 Å². The van der Waals surface area contributed by atoms with Gasteiger partial charge in [-0.05, 0) is 61.8 Å². The van der Waals surface area contributed by atoms with Crippen molar-refractivity contribution in [1.82, 2.24) is 0 Å². The smallest absolute Gasteiger partial charge is 0.341 e. The minimum absolute atomic E-state index is 0.324. The minimum Gasteiger partial charge on any atom is -0.496 e. The standard InChI is InChI=1S/C24H28O6/c1-27-21-9-5-3-7-19(21)23(25)29-15-17-11-13-18(14-12-17)16-30-24(26)20-8-4-6-10-22(20)28-2/h3-10,17-18H,11-16H2,1-2H3. The number of methoxy groups -OCH3 is 2. The van der Waals surface area contributed by atoms with Gasteiger partial charge in [0.25, 0.3) is 0 Å². The molecule has 1 saturated carbocycles. The van der Waals surface area contributed by atoms with E-state index in [4.69, 9.17) is 18.9 Å². The van der Waals surface area contributed by atoms with Crippen molar-refractivity contribution in [2.45, 2.75) is 25.7 Å². The third-order valence-electron chi connectivity index (χ3n) is 5.52. The molecule has 0 aliphatic heterocycles. The Bertz CT molecular complexity index is 783. The summed E-state index contributed by atoms with van der Waals surface area (Å²) in [4.78, 5) is 24.7. The predicted molar refractivity (Wildman–Crippen MR) is 112 cm³/mol. The maximum atomic E-state index is 12.3. The van der Waals surface area contributed by atoms with Crippen LogP contribution in [-0.2, 0) is 9.47 Å². The number of benzene rings is 2.